The van der Waals surface area contributed by atoms with E-state index in [9.17, 15) is 4.79 Å². The van der Waals surface area contributed by atoms with E-state index in [-0.39, 0.29) is 18.6 Å². The Balaban J connectivity index is 2.41. The van der Waals surface area contributed by atoms with Gasteiger partial charge in [-0.3, -0.25) is 4.79 Å². The maximum atomic E-state index is 12.2. The maximum absolute atomic E-state index is 12.2. The minimum absolute atomic E-state index is 0.168. The summed E-state index contributed by atoms with van der Waals surface area (Å²) in [6.07, 6.45) is 1.92. The van der Waals surface area contributed by atoms with Crippen LogP contribution in [0.25, 0.3) is 0 Å². The zero-order valence-electron chi connectivity index (χ0n) is 12.9. The molecule has 0 saturated carbocycles. The third kappa shape index (κ3) is 5.49. The van der Waals surface area contributed by atoms with Gasteiger partial charge >= 0.3 is 0 Å². The van der Waals surface area contributed by atoms with Gasteiger partial charge in [-0.05, 0) is 30.6 Å². The second kappa shape index (κ2) is 7.85. The van der Waals surface area contributed by atoms with Crippen molar-refractivity contribution in [3.63, 3.8) is 0 Å². The fraction of sp³-hybridized carbons (Fsp3) is 0.933. The van der Waals surface area contributed by atoms with Gasteiger partial charge in [0.25, 0.3) is 0 Å². The molecule has 3 atom stereocenters. The summed E-state index contributed by atoms with van der Waals surface area (Å²) in [4.78, 5) is 14.2. The second-order valence-corrected chi connectivity index (χ2v) is 6.49. The summed E-state index contributed by atoms with van der Waals surface area (Å²) >= 11 is 0. The molecular formula is C15H30N2O2. The molecule has 1 amide bonds. The monoisotopic (exact) mass is 270 g/mol. The van der Waals surface area contributed by atoms with Crippen molar-refractivity contribution in [3.8, 4) is 0 Å². The standard InChI is InChI=1S/C15H30N2O2/c1-11(2)14(5-6-18)16-8-15(19)17-9-12(3)7-13(4)10-17/h11-14,16,18H,5-10H2,1-4H3/t12-,13+,14-/m1/s1. The van der Waals surface area contributed by atoms with Crippen molar-refractivity contribution in [2.45, 2.75) is 46.6 Å². The van der Waals surface area contributed by atoms with Crippen LogP contribution in [0.15, 0.2) is 0 Å². The molecule has 0 aromatic heterocycles. The lowest BCUT2D eigenvalue weighted by Crippen LogP contribution is -2.48. The number of nitrogens with zero attached hydrogens (tertiary/aromatic N) is 1. The summed E-state index contributed by atoms with van der Waals surface area (Å²) in [5, 5.41) is 12.3. The Hall–Kier alpha value is -0.610. The normalized spacial score (nSPS) is 25.7. The highest BCUT2D eigenvalue weighted by Crippen LogP contribution is 2.20. The van der Waals surface area contributed by atoms with Gasteiger partial charge in [-0.2, -0.15) is 0 Å². The van der Waals surface area contributed by atoms with Crippen molar-refractivity contribution in [1.29, 1.82) is 0 Å². The van der Waals surface area contributed by atoms with Gasteiger partial charge in [0.15, 0.2) is 0 Å². The SMILES string of the molecule is CC(C)[C@@H](CCO)NCC(=O)N1C[C@H](C)C[C@H](C)C1. The minimum Gasteiger partial charge on any atom is -0.396 e. The van der Waals surface area contributed by atoms with Gasteiger partial charge in [-0.15, -0.1) is 0 Å². The van der Waals surface area contributed by atoms with E-state index in [0.29, 0.717) is 30.7 Å². The number of likely N-dealkylation sites (tertiary alicyclic amines) is 1. The van der Waals surface area contributed by atoms with Crippen molar-refractivity contribution in [1.82, 2.24) is 10.2 Å². The highest BCUT2D eigenvalue weighted by molar-refractivity contribution is 5.78. The van der Waals surface area contributed by atoms with Crippen LogP contribution in [0.5, 0.6) is 0 Å². The molecule has 0 unspecified atom stereocenters. The number of rotatable bonds is 6. The largest absolute Gasteiger partial charge is 0.396 e. The van der Waals surface area contributed by atoms with Gasteiger partial charge in [0.2, 0.25) is 5.91 Å². The Kier molecular flexibility index (Phi) is 6.80. The van der Waals surface area contributed by atoms with E-state index in [1.807, 2.05) is 4.90 Å². The van der Waals surface area contributed by atoms with Gasteiger partial charge in [0.05, 0.1) is 6.54 Å². The molecular weight excluding hydrogens is 240 g/mol. The number of nitrogens with one attached hydrogen (secondary N) is 1. The average molecular weight is 270 g/mol. The summed E-state index contributed by atoms with van der Waals surface area (Å²) < 4.78 is 0. The average Bonchev–Trinajstić information content (AvgIpc) is 2.32. The van der Waals surface area contributed by atoms with Crippen LogP contribution in [0, 0.1) is 17.8 Å². The van der Waals surface area contributed by atoms with Crippen molar-refractivity contribution >= 4 is 5.91 Å². The second-order valence-electron chi connectivity index (χ2n) is 6.49. The van der Waals surface area contributed by atoms with Crippen molar-refractivity contribution < 1.29 is 9.90 Å². The van der Waals surface area contributed by atoms with Crippen LogP contribution in [-0.2, 0) is 4.79 Å². The smallest absolute Gasteiger partial charge is 0.236 e. The molecule has 2 N–H and O–H groups in total. The zero-order chi connectivity index (χ0) is 14.4. The lowest BCUT2D eigenvalue weighted by Gasteiger charge is -2.35. The van der Waals surface area contributed by atoms with Crippen LogP contribution in [0.2, 0.25) is 0 Å². The molecule has 112 valence electrons. The summed E-state index contributed by atoms with van der Waals surface area (Å²) in [6, 6.07) is 0.216. The predicted molar refractivity (Wildman–Crippen MR) is 77.9 cm³/mol. The van der Waals surface area contributed by atoms with Gasteiger partial charge in [-0.1, -0.05) is 27.7 Å². The Labute approximate surface area is 117 Å². The Morgan fingerprint density at radius 3 is 2.37 bits per heavy atom. The molecule has 0 aliphatic carbocycles. The van der Waals surface area contributed by atoms with Crippen LogP contribution in [0.3, 0.4) is 0 Å². The number of aliphatic hydroxyl groups is 1. The van der Waals surface area contributed by atoms with E-state index in [2.05, 4.69) is 33.0 Å². The molecule has 1 aliphatic rings. The fourth-order valence-corrected chi connectivity index (χ4v) is 3.01. The van der Waals surface area contributed by atoms with Crippen molar-refractivity contribution in [2.75, 3.05) is 26.2 Å². The van der Waals surface area contributed by atoms with Crippen LogP contribution in [0.1, 0.15) is 40.5 Å². The molecule has 0 aromatic rings. The first kappa shape index (κ1) is 16.4. The quantitative estimate of drug-likeness (QED) is 0.769. The molecule has 1 fully saturated rings. The number of hydrogen-bond donors (Lipinski definition) is 2. The minimum atomic E-state index is 0.168. The Bertz CT molecular complexity index is 271. The zero-order valence-corrected chi connectivity index (χ0v) is 12.9. The van der Waals surface area contributed by atoms with Gasteiger partial charge < -0.3 is 15.3 Å². The maximum Gasteiger partial charge on any atom is 0.236 e. The van der Waals surface area contributed by atoms with Crippen LogP contribution >= 0.6 is 0 Å². The van der Waals surface area contributed by atoms with Gasteiger partial charge in [-0.25, -0.2) is 0 Å². The molecule has 1 rings (SSSR count). The highest BCUT2D eigenvalue weighted by atomic mass is 16.3. The van der Waals surface area contributed by atoms with Crippen LogP contribution < -0.4 is 5.32 Å². The fourth-order valence-electron chi connectivity index (χ4n) is 3.01. The molecule has 19 heavy (non-hydrogen) atoms. The Morgan fingerprint density at radius 2 is 1.89 bits per heavy atom. The van der Waals surface area contributed by atoms with Crippen molar-refractivity contribution in [2.24, 2.45) is 17.8 Å². The molecule has 0 bridgehead atoms. The van der Waals surface area contributed by atoms with Crippen molar-refractivity contribution in [3.05, 3.63) is 0 Å². The highest BCUT2D eigenvalue weighted by Gasteiger charge is 2.25. The number of amides is 1. The summed E-state index contributed by atoms with van der Waals surface area (Å²) in [5.41, 5.74) is 0. The number of aliphatic hydroxyl groups excluding tert-OH is 1. The van der Waals surface area contributed by atoms with E-state index >= 15 is 0 Å². The molecule has 4 nitrogen and oxygen atoms in total. The lowest BCUT2D eigenvalue weighted by atomic mass is 9.92. The number of carbonyl (C=O) groups is 1. The third-order valence-electron chi connectivity index (χ3n) is 3.98. The first-order valence-electron chi connectivity index (χ1n) is 7.56. The lowest BCUT2D eigenvalue weighted by molar-refractivity contribution is -0.133. The van der Waals surface area contributed by atoms with Gasteiger partial charge in [0, 0.05) is 25.7 Å². The van der Waals surface area contributed by atoms with E-state index in [0.717, 1.165) is 13.1 Å². The third-order valence-corrected chi connectivity index (χ3v) is 3.98. The van der Waals surface area contributed by atoms with Crippen LogP contribution in [-0.4, -0.2) is 48.2 Å². The number of piperidine rings is 1. The molecule has 0 aromatic carbocycles. The first-order valence-corrected chi connectivity index (χ1v) is 7.56. The summed E-state index contributed by atoms with van der Waals surface area (Å²) in [6.45, 7) is 11.0. The van der Waals surface area contributed by atoms with Crippen LogP contribution in [0.4, 0.5) is 0 Å². The molecule has 1 aliphatic heterocycles. The van der Waals surface area contributed by atoms with E-state index < -0.39 is 0 Å². The van der Waals surface area contributed by atoms with E-state index in [1.54, 1.807) is 0 Å². The molecule has 1 saturated heterocycles. The molecule has 1 heterocycles. The summed E-state index contributed by atoms with van der Waals surface area (Å²) in [5.74, 6) is 1.83. The predicted octanol–water partition coefficient (Wildman–Crippen LogP) is 1.49. The Morgan fingerprint density at radius 1 is 1.32 bits per heavy atom. The van der Waals surface area contributed by atoms with Gasteiger partial charge in [0.1, 0.15) is 0 Å². The first-order chi connectivity index (χ1) is 8.93. The topological polar surface area (TPSA) is 52.6 Å². The number of carbonyl (C=O) groups excluding carboxylic acids is 1. The van der Waals surface area contributed by atoms with E-state index in [1.165, 1.54) is 6.42 Å². The molecule has 4 heteroatoms. The molecule has 0 spiro atoms. The van der Waals surface area contributed by atoms with E-state index in [4.69, 9.17) is 5.11 Å². The molecule has 0 radical (unpaired) electrons. The number of hydrogen-bond acceptors (Lipinski definition) is 3. The summed E-state index contributed by atoms with van der Waals surface area (Å²) in [7, 11) is 0.